The van der Waals surface area contributed by atoms with Crippen LogP contribution in [-0.4, -0.2) is 18.1 Å². The van der Waals surface area contributed by atoms with E-state index in [1.807, 2.05) is 6.07 Å². The van der Waals surface area contributed by atoms with Crippen molar-refractivity contribution in [1.82, 2.24) is 4.98 Å². The number of anilines is 2. The second kappa shape index (κ2) is 6.19. The van der Waals surface area contributed by atoms with Crippen LogP contribution in [0.4, 0.5) is 16.2 Å². The average molecular weight is 322 g/mol. The van der Waals surface area contributed by atoms with Gasteiger partial charge < -0.3 is 15.4 Å². The second-order valence-electron chi connectivity index (χ2n) is 3.68. The molecule has 1 heterocycles. The number of hydrogen-bond acceptors (Lipinski definition) is 3. The minimum absolute atomic E-state index is 0.327. The number of amides is 2. The monoisotopic (exact) mass is 321 g/mol. The lowest BCUT2D eigenvalue weighted by Gasteiger charge is -2.08. The third-order valence-corrected chi connectivity index (χ3v) is 2.75. The lowest BCUT2D eigenvalue weighted by atomic mass is 10.3. The Hall–Kier alpha value is -2.08. The first-order valence-corrected chi connectivity index (χ1v) is 6.30. The van der Waals surface area contributed by atoms with Gasteiger partial charge in [0, 0.05) is 23.6 Å². The number of halogens is 1. The summed E-state index contributed by atoms with van der Waals surface area (Å²) in [6.07, 6.45) is 1.60. The first-order valence-electron chi connectivity index (χ1n) is 5.51. The summed E-state index contributed by atoms with van der Waals surface area (Å²) in [5.41, 5.74) is 1.31. The van der Waals surface area contributed by atoms with E-state index in [0.29, 0.717) is 21.7 Å². The summed E-state index contributed by atoms with van der Waals surface area (Å²) in [4.78, 5) is 15.8. The topological polar surface area (TPSA) is 63.2 Å². The zero-order chi connectivity index (χ0) is 13.7. The molecule has 0 bridgehead atoms. The Bertz CT molecular complexity index is 590. The summed E-state index contributed by atoms with van der Waals surface area (Å²) in [7, 11) is 1.58. The summed E-state index contributed by atoms with van der Waals surface area (Å²) < 4.78 is 5.74. The largest absolute Gasteiger partial charge is 0.497 e. The lowest BCUT2D eigenvalue weighted by molar-refractivity contribution is 0.262. The number of nitrogens with one attached hydrogen (secondary N) is 2. The lowest BCUT2D eigenvalue weighted by Crippen LogP contribution is -2.19. The van der Waals surface area contributed by atoms with E-state index >= 15 is 0 Å². The van der Waals surface area contributed by atoms with Gasteiger partial charge in [0.05, 0.1) is 7.11 Å². The van der Waals surface area contributed by atoms with Crippen LogP contribution >= 0.6 is 15.9 Å². The molecular formula is C13H12BrN3O2. The van der Waals surface area contributed by atoms with E-state index in [2.05, 4.69) is 31.5 Å². The maximum absolute atomic E-state index is 11.8. The van der Waals surface area contributed by atoms with Crippen LogP contribution in [0.3, 0.4) is 0 Å². The van der Waals surface area contributed by atoms with E-state index in [1.54, 1.807) is 43.6 Å². The van der Waals surface area contributed by atoms with Crippen LogP contribution in [0.2, 0.25) is 0 Å². The molecule has 2 N–H and O–H groups in total. The first kappa shape index (κ1) is 13.4. The van der Waals surface area contributed by atoms with E-state index in [-0.39, 0.29) is 6.03 Å². The van der Waals surface area contributed by atoms with Crippen LogP contribution in [0.25, 0.3) is 0 Å². The van der Waals surface area contributed by atoms with Crippen molar-refractivity contribution in [3.63, 3.8) is 0 Å². The predicted octanol–water partition coefficient (Wildman–Crippen LogP) is 3.50. The van der Waals surface area contributed by atoms with Crippen molar-refractivity contribution in [3.8, 4) is 5.75 Å². The zero-order valence-corrected chi connectivity index (χ0v) is 11.8. The number of benzene rings is 1. The predicted molar refractivity (Wildman–Crippen MR) is 77.6 cm³/mol. The fraction of sp³-hybridized carbons (Fsp3) is 0.0769. The Morgan fingerprint density at radius 1 is 1.21 bits per heavy atom. The number of rotatable bonds is 3. The molecule has 2 aromatic rings. The van der Waals surface area contributed by atoms with Gasteiger partial charge in [-0.2, -0.15) is 0 Å². The minimum Gasteiger partial charge on any atom is -0.497 e. The van der Waals surface area contributed by atoms with Gasteiger partial charge in [0.2, 0.25) is 0 Å². The third-order valence-electron chi connectivity index (χ3n) is 2.31. The molecule has 0 saturated heterocycles. The van der Waals surface area contributed by atoms with Gasteiger partial charge in [-0.25, -0.2) is 9.78 Å². The second-order valence-corrected chi connectivity index (χ2v) is 4.49. The van der Waals surface area contributed by atoms with Crippen molar-refractivity contribution in [3.05, 3.63) is 47.2 Å². The van der Waals surface area contributed by atoms with Crippen molar-refractivity contribution in [2.45, 2.75) is 0 Å². The molecule has 19 heavy (non-hydrogen) atoms. The summed E-state index contributed by atoms with van der Waals surface area (Å²) in [6, 6.07) is 10.2. The van der Waals surface area contributed by atoms with E-state index < -0.39 is 0 Å². The normalized spacial score (nSPS) is 9.79. The molecule has 1 aromatic carbocycles. The Labute approximate surface area is 119 Å². The highest BCUT2D eigenvalue weighted by atomic mass is 79.9. The van der Waals surface area contributed by atoms with Crippen molar-refractivity contribution < 1.29 is 9.53 Å². The summed E-state index contributed by atoms with van der Waals surface area (Å²) in [5.74, 6) is 0.685. The number of nitrogens with zero attached hydrogens (tertiary/aromatic N) is 1. The van der Waals surface area contributed by atoms with E-state index in [9.17, 15) is 4.79 Å². The number of pyridine rings is 1. The Kier molecular flexibility index (Phi) is 4.35. The number of carbonyl (C=O) groups excluding carboxylic acids is 1. The number of aromatic nitrogens is 1. The van der Waals surface area contributed by atoms with Gasteiger partial charge in [-0.15, -0.1) is 0 Å². The molecule has 0 fully saturated rings. The molecule has 0 atom stereocenters. The summed E-state index contributed by atoms with van der Waals surface area (Å²) in [5, 5.41) is 5.43. The SMILES string of the molecule is COc1cccc(NC(=O)Nc2ccnc(Br)c2)c1. The van der Waals surface area contributed by atoms with Gasteiger partial charge in [-0.1, -0.05) is 6.07 Å². The minimum atomic E-state index is -0.327. The summed E-state index contributed by atoms with van der Waals surface area (Å²) >= 11 is 3.24. The van der Waals surface area contributed by atoms with Crippen molar-refractivity contribution >= 4 is 33.3 Å². The van der Waals surface area contributed by atoms with Crippen LogP contribution in [0.5, 0.6) is 5.75 Å². The Morgan fingerprint density at radius 2 is 1.95 bits per heavy atom. The van der Waals surface area contributed by atoms with Crippen molar-refractivity contribution in [1.29, 1.82) is 0 Å². The van der Waals surface area contributed by atoms with E-state index in [0.717, 1.165) is 0 Å². The van der Waals surface area contributed by atoms with Gasteiger partial charge >= 0.3 is 6.03 Å². The number of ether oxygens (including phenoxy) is 1. The van der Waals surface area contributed by atoms with Gasteiger partial charge in [-0.3, -0.25) is 0 Å². The molecule has 0 aliphatic carbocycles. The molecule has 2 amide bonds. The van der Waals surface area contributed by atoms with Gasteiger partial charge in [0.25, 0.3) is 0 Å². The van der Waals surface area contributed by atoms with Crippen LogP contribution in [0.1, 0.15) is 0 Å². The fourth-order valence-corrected chi connectivity index (χ4v) is 1.84. The molecule has 6 heteroatoms. The molecule has 0 aliphatic rings. The maximum atomic E-state index is 11.8. The highest BCUT2D eigenvalue weighted by Crippen LogP contribution is 2.17. The molecule has 0 aliphatic heterocycles. The maximum Gasteiger partial charge on any atom is 0.323 e. The zero-order valence-electron chi connectivity index (χ0n) is 10.2. The third kappa shape index (κ3) is 3.96. The molecule has 0 unspecified atom stereocenters. The summed E-state index contributed by atoms with van der Waals surface area (Å²) in [6.45, 7) is 0. The Morgan fingerprint density at radius 3 is 2.63 bits per heavy atom. The van der Waals surface area contributed by atoms with Crippen molar-refractivity contribution in [2.75, 3.05) is 17.7 Å². The molecule has 0 spiro atoms. The number of hydrogen-bond donors (Lipinski definition) is 2. The molecule has 1 aromatic heterocycles. The van der Waals surface area contributed by atoms with Crippen LogP contribution < -0.4 is 15.4 Å². The first-order chi connectivity index (χ1) is 9.17. The van der Waals surface area contributed by atoms with Crippen molar-refractivity contribution in [2.24, 2.45) is 0 Å². The Balaban J connectivity index is 2.01. The van der Waals surface area contributed by atoms with Gasteiger partial charge in [0.15, 0.2) is 0 Å². The highest BCUT2D eigenvalue weighted by molar-refractivity contribution is 9.10. The molecular weight excluding hydrogens is 310 g/mol. The number of methoxy groups -OCH3 is 1. The van der Waals surface area contributed by atoms with E-state index in [1.165, 1.54) is 0 Å². The highest BCUT2D eigenvalue weighted by Gasteiger charge is 2.04. The van der Waals surface area contributed by atoms with Gasteiger partial charge in [-0.05, 0) is 40.2 Å². The molecule has 5 nitrogen and oxygen atoms in total. The number of urea groups is 1. The number of carbonyl (C=O) groups is 1. The van der Waals surface area contributed by atoms with Crippen LogP contribution in [0, 0.1) is 0 Å². The van der Waals surface area contributed by atoms with Gasteiger partial charge in [0.1, 0.15) is 10.4 Å². The van der Waals surface area contributed by atoms with Crippen LogP contribution in [0.15, 0.2) is 47.2 Å². The molecule has 98 valence electrons. The van der Waals surface area contributed by atoms with Crippen LogP contribution in [-0.2, 0) is 0 Å². The molecule has 0 radical (unpaired) electrons. The average Bonchev–Trinajstić information content (AvgIpc) is 2.38. The quantitative estimate of drug-likeness (QED) is 0.850. The fourth-order valence-electron chi connectivity index (χ4n) is 1.47. The smallest absolute Gasteiger partial charge is 0.323 e. The molecule has 2 rings (SSSR count). The molecule has 0 saturated carbocycles. The standard InChI is InChI=1S/C13H12BrN3O2/c1-19-11-4-2-3-9(7-11)16-13(18)17-10-5-6-15-12(14)8-10/h2-8H,1H3,(H2,15,16,17,18). The van der Waals surface area contributed by atoms with E-state index in [4.69, 9.17) is 4.74 Å².